The molecular weight excluding hydrogens is 230 g/mol. The summed E-state index contributed by atoms with van der Waals surface area (Å²) in [5.41, 5.74) is 5.69. The topological polar surface area (TPSA) is 86.0 Å². The fraction of sp³-hybridized carbons (Fsp3) is 0.750. The summed E-state index contributed by atoms with van der Waals surface area (Å²) in [4.78, 5) is 12.6. The number of nitrogens with zero attached hydrogens (tertiary/aromatic N) is 3. The van der Waals surface area contributed by atoms with Crippen molar-refractivity contribution in [2.45, 2.75) is 44.6 Å². The van der Waals surface area contributed by atoms with E-state index in [-0.39, 0.29) is 5.95 Å². The van der Waals surface area contributed by atoms with Gasteiger partial charge in [0.1, 0.15) is 5.82 Å². The molecule has 0 bridgehead atoms. The molecular formula is C12H21N5O. The molecule has 18 heavy (non-hydrogen) atoms. The second-order valence-electron chi connectivity index (χ2n) is 4.66. The maximum absolute atomic E-state index is 5.69. The van der Waals surface area contributed by atoms with Gasteiger partial charge in [0.2, 0.25) is 11.9 Å². The number of rotatable bonds is 5. The van der Waals surface area contributed by atoms with Crippen LogP contribution >= 0.6 is 0 Å². The number of ether oxygens (including phenoxy) is 1. The van der Waals surface area contributed by atoms with Gasteiger partial charge >= 0.3 is 0 Å². The molecule has 1 heterocycles. The number of hydrogen-bond acceptors (Lipinski definition) is 6. The molecule has 1 aromatic rings. The zero-order valence-corrected chi connectivity index (χ0v) is 10.9. The van der Waals surface area contributed by atoms with Crippen LogP contribution in [0.3, 0.4) is 0 Å². The highest BCUT2D eigenvalue weighted by molar-refractivity contribution is 5.32. The molecule has 2 rings (SSSR count). The Morgan fingerprint density at radius 2 is 2.00 bits per heavy atom. The van der Waals surface area contributed by atoms with Crippen LogP contribution in [0.15, 0.2) is 0 Å². The first-order valence-corrected chi connectivity index (χ1v) is 6.54. The Hall–Kier alpha value is -1.43. The highest BCUT2D eigenvalue weighted by atomic mass is 16.5. The van der Waals surface area contributed by atoms with Crippen molar-refractivity contribution in [2.24, 2.45) is 0 Å². The summed E-state index contributed by atoms with van der Waals surface area (Å²) >= 11 is 0. The van der Waals surface area contributed by atoms with E-state index in [9.17, 15) is 0 Å². The zero-order valence-electron chi connectivity index (χ0n) is 10.9. The first kappa shape index (κ1) is 13.0. The summed E-state index contributed by atoms with van der Waals surface area (Å²) < 4.78 is 5.01. The Kier molecular flexibility index (Phi) is 4.69. The smallest absolute Gasteiger partial charge is 0.227 e. The molecule has 0 saturated heterocycles. The van der Waals surface area contributed by atoms with E-state index in [0.717, 1.165) is 0 Å². The predicted octanol–water partition coefficient (Wildman–Crippen LogP) is 1.39. The second kappa shape index (κ2) is 6.49. The highest BCUT2D eigenvalue weighted by Gasteiger charge is 2.15. The molecule has 0 aromatic carbocycles. The first-order chi connectivity index (χ1) is 8.78. The van der Waals surface area contributed by atoms with Crippen LogP contribution in [0.4, 0.5) is 11.9 Å². The van der Waals surface area contributed by atoms with Crippen LogP contribution < -0.4 is 11.1 Å². The predicted molar refractivity (Wildman–Crippen MR) is 70.3 cm³/mol. The number of anilines is 2. The number of nitrogens with two attached hydrogens (primary N) is 1. The van der Waals surface area contributed by atoms with E-state index < -0.39 is 0 Å². The Balaban J connectivity index is 1.99. The molecule has 6 heteroatoms. The van der Waals surface area contributed by atoms with Gasteiger partial charge in [0.05, 0.1) is 6.61 Å². The zero-order chi connectivity index (χ0) is 12.8. The minimum absolute atomic E-state index is 0.273. The lowest BCUT2D eigenvalue weighted by molar-refractivity contribution is 0.200. The number of nitrogens with one attached hydrogen (secondary N) is 1. The van der Waals surface area contributed by atoms with Crippen molar-refractivity contribution in [3.63, 3.8) is 0 Å². The van der Waals surface area contributed by atoms with Crippen LogP contribution in [0, 0.1) is 0 Å². The van der Waals surface area contributed by atoms with Gasteiger partial charge in [0, 0.05) is 19.6 Å². The second-order valence-corrected chi connectivity index (χ2v) is 4.66. The molecule has 0 spiro atoms. The van der Waals surface area contributed by atoms with Gasteiger partial charge in [-0.25, -0.2) is 0 Å². The lowest BCUT2D eigenvalue weighted by Crippen LogP contribution is -2.24. The number of methoxy groups -OCH3 is 1. The maximum atomic E-state index is 5.69. The van der Waals surface area contributed by atoms with E-state index >= 15 is 0 Å². The Morgan fingerprint density at radius 3 is 2.72 bits per heavy atom. The molecule has 1 aromatic heterocycles. The third-order valence-corrected chi connectivity index (χ3v) is 3.17. The summed E-state index contributed by atoms with van der Waals surface area (Å²) in [6.45, 7) is 0.590. The largest absolute Gasteiger partial charge is 0.384 e. The lowest BCUT2D eigenvalue weighted by Gasteiger charge is -2.22. The average molecular weight is 251 g/mol. The van der Waals surface area contributed by atoms with Crippen molar-refractivity contribution < 1.29 is 4.74 Å². The molecule has 0 aliphatic heterocycles. The van der Waals surface area contributed by atoms with Gasteiger partial charge in [-0.3, -0.25) is 0 Å². The van der Waals surface area contributed by atoms with Crippen molar-refractivity contribution in [1.29, 1.82) is 0 Å². The van der Waals surface area contributed by atoms with E-state index in [2.05, 4.69) is 20.3 Å². The quantitative estimate of drug-likeness (QED) is 0.822. The summed E-state index contributed by atoms with van der Waals surface area (Å²) in [6.07, 6.45) is 6.89. The van der Waals surface area contributed by atoms with Crippen LogP contribution in [-0.4, -0.2) is 34.7 Å². The fourth-order valence-electron chi connectivity index (χ4n) is 2.24. The van der Waals surface area contributed by atoms with Gasteiger partial charge in [-0.1, -0.05) is 19.3 Å². The molecule has 0 atom stereocenters. The Bertz CT molecular complexity index is 379. The van der Waals surface area contributed by atoms with Gasteiger partial charge in [-0.15, -0.1) is 0 Å². The summed E-state index contributed by atoms with van der Waals surface area (Å²) in [7, 11) is 1.66. The number of nitrogen functional groups attached to an aromatic ring is 1. The van der Waals surface area contributed by atoms with E-state index in [4.69, 9.17) is 10.5 Å². The van der Waals surface area contributed by atoms with Crippen LogP contribution in [0.25, 0.3) is 0 Å². The van der Waals surface area contributed by atoms with Gasteiger partial charge in [-0.05, 0) is 12.8 Å². The van der Waals surface area contributed by atoms with Crippen molar-refractivity contribution in [2.75, 3.05) is 24.8 Å². The molecule has 0 radical (unpaired) electrons. The minimum atomic E-state index is 0.273. The number of aromatic nitrogens is 3. The number of hydrogen-bond donors (Lipinski definition) is 2. The summed E-state index contributed by atoms with van der Waals surface area (Å²) in [5, 5.41) is 3.36. The van der Waals surface area contributed by atoms with E-state index in [0.29, 0.717) is 30.8 Å². The Morgan fingerprint density at radius 1 is 1.22 bits per heavy atom. The van der Waals surface area contributed by atoms with Gasteiger partial charge < -0.3 is 15.8 Å². The minimum Gasteiger partial charge on any atom is -0.384 e. The molecule has 1 saturated carbocycles. The van der Waals surface area contributed by atoms with Crippen LogP contribution in [0.5, 0.6) is 0 Å². The maximum Gasteiger partial charge on any atom is 0.227 e. The average Bonchev–Trinajstić information content (AvgIpc) is 2.37. The third-order valence-electron chi connectivity index (χ3n) is 3.17. The molecule has 1 fully saturated rings. The van der Waals surface area contributed by atoms with E-state index in [1.54, 1.807) is 7.11 Å². The highest BCUT2D eigenvalue weighted by Crippen LogP contribution is 2.20. The summed E-state index contributed by atoms with van der Waals surface area (Å²) in [6, 6.07) is 0.468. The van der Waals surface area contributed by atoms with Crippen LogP contribution in [-0.2, 0) is 11.2 Å². The molecule has 0 unspecified atom stereocenters. The van der Waals surface area contributed by atoms with Crippen molar-refractivity contribution in [3.8, 4) is 0 Å². The summed E-state index contributed by atoms with van der Waals surface area (Å²) in [5.74, 6) is 1.55. The molecule has 1 aliphatic carbocycles. The Labute approximate surface area is 107 Å². The van der Waals surface area contributed by atoms with Crippen LogP contribution in [0.1, 0.15) is 37.9 Å². The SMILES string of the molecule is COCCc1nc(N)nc(NC2CCCCC2)n1. The molecule has 100 valence electrons. The molecule has 0 amide bonds. The third kappa shape index (κ3) is 3.80. The first-order valence-electron chi connectivity index (χ1n) is 6.54. The van der Waals surface area contributed by atoms with Gasteiger partial charge in [0.25, 0.3) is 0 Å². The van der Waals surface area contributed by atoms with Gasteiger partial charge in [0.15, 0.2) is 0 Å². The van der Waals surface area contributed by atoms with Crippen LogP contribution in [0.2, 0.25) is 0 Å². The molecule has 3 N–H and O–H groups in total. The van der Waals surface area contributed by atoms with Gasteiger partial charge in [-0.2, -0.15) is 15.0 Å². The van der Waals surface area contributed by atoms with Crippen molar-refractivity contribution in [3.05, 3.63) is 5.82 Å². The fourth-order valence-corrected chi connectivity index (χ4v) is 2.24. The molecule has 6 nitrogen and oxygen atoms in total. The molecule has 1 aliphatic rings. The monoisotopic (exact) mass is 251 g/mol. The standard InChI is InChI=1S/C12H21N5O/c1-18-8-7-10-15-11(13)17-12(16-10)14-9-5-3-2-4-6-9/h9H,2-8H2,1H3,(H3,13,14,15,16,17). The van der Waals surface area contributed by atoms with Crippen molar-refractivity contribution in [1.82, 2.24) is 15.0 Å². The van der Waals surface area contributed by atoms with E-state index in [1.165, 1.54) is 32.1 Å². The normalized spacial score (nSPS) is 16.7. The lowest BCUT2D eigenvalue weighted by atomic mass is 9.96. The van der Waals surface area contributed by atoms with Crippen molar-refractivity contribution >= 4 is 11.9 Å². The van der Waals surface area contributed by atoms with E-state index in [1.807, 2.05) is 0 Å².